The van der Waals surface area contributed by atoms with Crippen molar-refractivity contribution in [2.75, 3.05) is 0 Å². The monoisotopic (exact) mass is 263 g/mol. The summed E-state index contributed by atoms with van der Waals surface area (Å²) in [6.45, 7) is 6.30. The average molecular weight is 263 g/mol. The Hall–Kier alpha value is -0.130. The van der Waals surface area contributed by atoms with Crippen LogP contribution in [-0.2, 0) is 10.1 Å². The SMILES string of the molecule is CC1CCCC(CC(C)C(N)S(=O)(=O)O)C1C. The van der Waals surface area contributed by atoms with Crippen molar-refractivity contribution >= 4 is 10.1 Å². The molecule has 1 aliphatic rings. The number of nitrogens with two attached hydrogens (primary N) is 1. The second-order valence-corrected chi connectivity index (χ2v) is 7.29. The van der Waals surface area contributed by atoms with Crippen LogP contribution in [0.15, 0.2) is 0 Å². The zero-order chi connectivity index (χ0) is 13.2. The van der Waals surface area contributed by atoms with E-state index in [-0.39, 0.29) is 5.92 Å². The predicted molar refractivity (Wildman–Crippen MR) is 69.0 cm³/mol. The van der Waals surface area contributed by atoms with Crippen LogP contribution >= 0.6 is 0 Å². The summed E-state index contributed by atoms with van der Waals surface area (Å²) in [6.07, 6.45) is 4.40. The lowest BCUT2D eigenvalue weighted by atomic mass is 9.71. The molecule has 0 heterocycles. The van der Waals surface area contributed by atoms with E-state index in [2.05, 4.69) is 13.8 Å². The van der Waals surface area contributed by atoms with Crippen molar-refractivity contribution in [3.05, 3.63) is 0 Å². The van der Waals surface area contributed by atoms with Gasteiger partial charge in [0.05, 0.1) is 0 Å². The van der Waals surface area contributed by atoms with Gasteiger partial charge in [-0.15, -0.1) is 0 Å². The lowest BCUT2D eigenvalue weighted by Crippen LogP contribution is -2.38. The van der Waals surface area contributed by atoms with Crippen molar-refractivity contribution in [1.82, 2.24) is 0 Å². The van der Waals surface area contributed by atoms with Gasteiger partial charge in [0.1, 0.15) is 5.37 Å². The molecule has 102 valence electrons. The minimum absolute atomic E-state index is 0.192. The fourth-order valence-electron chi connectivity index (χ4n) is 2.93. The maximum Gasteiger partial charge on any atom is 0.281 e. The Bertz CT molecular complexity index is 342. The van der Waals surface area contributed by atoms with Gasteiger partial charge in [-0.1, -0.05) is 40.0 Å². The Balaban J connectivity index is 2.59. The van der Waals surface area contributed by atoms with Gasteiger partial charge in [-0.2, -0.15) is 8.42 Å². The topological polar surface area (TPSA) is 80.4 Å². The van der Waals surface area contributed by atoms with E-state index >= 15 is 0 Å². The van der Waals surface area contributed by atoms with Crippen LogP contribution in [0.25, 0.3) is 0 Å². The second kappa shape index (κ2) is 5.67. The van der Waals surface area contributed by atoms with Crippen LogP contribution < -0.4 is 5.73 Å². The predicted octanol–water partition coefficient (Wildman–Crippen LogP) is 2.26. The Kier molecular flexibility index (Phi) is 4.98. The van der Waals surface area contributed by atoms with Gasteiger partial charge >= 0.3 is 0 Å². The summed E-state index contributed by atoms with van der Waals surface area (Å²) in [4.78, 5) is 0. The third-order valence-electron chi connectivity index (χ3n) is 4.45. The van der Waals surface area contributed by atoms with Gasteiger partial charge in [-0.25, -0.2) is 0 Å². The molecule has 0 saturated heterocycles. The van der Waals surface area contributed by atoms with E-state index in [9.17, 15) is 8.42 Å². The summed E-state index contributed by atoms with van der Waals surface area (Å²) in [7, 11) is -4.11. The summed E-state index contributed by atoms with van der Waals surface area (Å²) < 4.78 is 30.9. The first kappa shape index (κ1) is 14.9. The first-order valence-corrected chi connectivity index (χ1v) is 7.95. The molecule has 4 nitrogen and oxygen atoms in total. The van der Waals surface area contributed by atoms with Gasteiger partial charge in [0.2, 0.25) is 0 Å². The summed E-state index contributed by atoms with van der Waals surface area (Å²) in [6, 6.07) is 0. The molecule has 5 heteroatoms. The first-order valence-electron chi connectivity index (χ1n) is 6.45. The van der Waals surface area contributed by atoms with Crippen LogP contribution in [0.1, 0.15) is 46.5 Å². The standard InChI is InChI=1S/C12H25NO3S/c1-8-5-4-6-11(10(8)3)7-9(2)12(13)17(14,15)16/h8-12H,4-7,13H2,1-3H3,(H,14,15,16). The van der Waals surface area contributed by atoms with Crippen LogP contribution in [0.3, 0.4) is 0 Å². The molecule has 0 aromatic heterocycles. The van der Waals surface area contributed by atoms with Crippen molar-refractivity contribution in [3.8, 4) is 0 Å². The Morgan fingerprint density at radius 2 is 1.94 bits per heavy atom. The lowest BCUT2D eigenvalue weighted by Gasteiger charge is -2.36. The van der Waals surface area contributed by atoms with Crippen molar-refractivity contribution in [2.45, 2.75) is 51.8 Å². The van der Waals surface area contributed by atoms with Crippen molar-refractivity contribution in [2.24, 2.45) is 29.4 Å². The van der Waals surface area contributed by atoms with E-state index in [1.807, 2.05) is 6.92 Å². The van der Waals surface area contributed by atoms with Gasteiger partial charge in [0, 0.05) is 0 Å². The normalized spacial score (nSPS) is 34.3. The van der Waals surface area contributed by atoms with Crippen LogP contribution in [0.5, 0.6) is 0 Å². The molecule has 0 aromatic carbocycles. The zero-order valence-electron chi connectivity index (χ0n) is 11.0. The maximum absolute atomic E-state index is 11.0. The van der Waals surface area contributed by atoms with Gasteiger partial charge in [-0.05, 0) is 30.1 Å². The fourth-order valence-corrected chi connectivity index (χ4v) is 3.63. The summed E-state index contributed by atoms with van der Waals surface area (Å²) in [5, 5.41) is -1.15. The molecule has 0 bridgehead atoms. The average Bonchev–Trinajstić information content (AvgIpc) is 2.22. The van der Waals surface area contributed by atoms with Gasteiger partial charge in [-0.3, -0.25) is 4.55 Å². The lowest BCUT2D eigenvalue weighted by molar-refractivity contribution is 0.154. The quantitative estimate of drug-likeness (QED) is 0.762. The molecule has 0 aromatic rings. The van der Waals surface area contributed by atoms with Crippen LogP contribution in [0.2, 0.25) is 0 Å². The molecule has 1 saturated carbocycles. The van der Waals surface area contributed by atoms with E-state index < -0.39 is 15.5 Å². The Morgan fingerprint density at radius 3 is 2.47 bits per heavy atom. The molecule has 0 spiro atoms. The van der Waals surface area contributed by atoms with Gasteiger partial charge < -0.3 is 5.73 Å². The smallest absolute Gasteiger partial charge is 0.281 e. The van der Waals surface area contributed by atoms with Crippen LogP contribution in [0, 0.1) is 23.7 Å². The van der Waals surface area contributed by atoms with E-state index in [1.54, 1.807) is 0 Å². The third kappa shape index (κ3) is 3.93. The van der Waals surface area contributed by atoms with Gasteiger partial charge in [0.15, 0.2) is 0 Å². The largest absolute Gasteiger partial charge is 0.313 e. The highest BCUT2D eigenvalue weighted by Crippen LogP contribution is 2.38. The first-order chi connectivity index (χ1) is 7.73. The molecule has 1 fully saturated rings. The highest BCUT2D eigenvalue weighted by Gasteiger charge is 2.32. The van der Waals surface area contributed by atoms with E-state index in [4.69, 9.17) is 10.3 Å². The maximum atomic E-state index is 11.0. The van der Waals surface area contributed by atoms with E-state index in [0.717, 1.165) is 12.8 Å². The minimum atomic E-state index is -4.11. The Morgan fingerprint density at radius 1 is 1.35 bits per heavy atom. The molecule has 1 rings (SSSR count). The summed E-state index contributed by atoms with van der Waals surface area (Å²) in [5.41, 5.74) is 5.55. The molecular formula is C12H25NO3S. The molecule has 5 atom stereocenters. The summed E-state index contributed by atoms with van der Waals surface area (Å²) >= 11 is 0. The molecule has 1 aliphatic carbocycles. The highest BCUT2D eigenvalue weighted by molar-refractivity contribution is 7.86. The zero-order valence-corrected chi connectivity index (χ0v) is 11.8. The van der Waals surface area contributed by atoms with E-state index in [0.29, 0.717) is 17.8 Å². The van der Waals surface area contributed by atoms with Gasteiger partial charge in [0.25, 0.3) is 10.1 Å². The van der Waals surface area contributed by atoms with E-state index in [1.165, 1.54) is 12.8 Å². The second-order valence-electron chi connectivity index (χ2n) is 5.72. The summed E-state index contributed by atoms with van der Waals surface area (Å²) in [5.74, 6) is 1.65. The highest BCUT2D eigenvalue weighted by atomic mass is 32.2. The van der Waals surface area contributed by atoms with Crippen molar-refractivity contribution in [3.63, 3.8) is 0 Å². The minimum Gasteiger partial charge on any atom is -0.313 e. The fraction of sp³-hybridized carbons (Fsp3) is 1.00. The van der Waals surface area contributed by atoms with Crippen LogP contribution in [-0.4, -0.2) is 18.3 Å². The molecule has 5 unspecified atom stereocenters. The Labute approximate surface area is 105 Å². The van der Waals surface area contributed by atoms with Crippen LogP contribution in [0.4, 0.5) is 0 Å². The molecule has 3 N–H and O–H groups in total. The molecular weight excluding hydrogens is 238 g/mol. The number of hydrogen-bond acceptors (Lipinski definition) is 3. The molecule has 0 radical (unpaired) electrons. The molecule has 17 heavy (non-hydrogen) atoms. The third-order valence-corrected chi connectivity index (χ3v) is 5.61. The van der Waals surface area contributed by atoms with Crippen molar-refractivity contribution in [1.29, 1.82) is 0 Å². The van der Waals surface area contributed by atoms with Crippen molar-refractivity contribution < 1.29 is 13.0 Å². The number of hydrogen-bond donors (Lipinski definition) is 2. The molecule has 0 aliphatic heterocycles. The number of rotatable bonds is 4. The molecule has 0 amide bonds.